The van der Waals surface area contributed by atoms with Crippen LogP contribution in [0.2, 0.25) is 0 Å². The predicted octanol–water partition coefficient (Wildman–Crippen LogP) is 3.45. The molecule has 0 bridgehead atoms. The van der Waals surface area contributed by atoms with Crippen LogP contribution >= 0.6 is 15.9 Å². The van der Waals surface area contributed by atoms with Gasteiger partial charge in [-0.15, -0.1) is 0 Å². The third kappa shape index (κ3) is 3.63. The van der Waals surface area contributed by atoms with Gasteiger partial charge in [0.1, 0.15) is 0 Å². The van der Waals surface area contributed by atoms with Crippen molar-refractivity contribution in [1.82, 2.24) is 4.90 Å². The minimum Gasteiger partial charge on any atom is -0.342 e. The van der Waals surface area contributed by atoms with Crippen LogP contribution in [-0.2, 0) is 5.33 Å². The summed E-state index contributed by atoms with van der Waals surface area (Å²) in [6.07, 6.45) is 2.17. The first kappa shape index (κ1) is 13.2. The number of hydrogen-bond acceptors (Lipinski definition) is 1. The lowest BCUT2D eigenvalue weighted by atomic mass is 10.1. The van der Waals surface area contributed by atoms with E-state index in [4.69, 9.17) is 0 Å². The molecule has 0 radical (unpaired) electrons. The van der Waals surface area contributed by atoms with Crippen molar-refractivity contribution in [3.8, 4) is 0 Å². The van der Waals surface area contributed by atoms with E-state index in [1.54, 1.807) is 4.90 Å². The highest BCUT2D eigenvalue weighted by Gasteiger charge is 2.10. The summed E-state index contributed by atoms with van der Waals surface area (Å²) < 4.78 is 0. The molecule has 2 nitrogen and oxygen atoms in total. The Balaban J connectivity index is 2.64. The molecule has 3 heteroatoms. The maximum Gasteiger partial charge on any atom is 0.253 e. The Morgan fingerprint density at radius 1 is 1.31 bits per heavy atom. The number of alkyl halides is 1. The smallest absolute Gasteiger partial charge is 0.253 e. The molecule has 88 valence electrons. The molecule has 1 amide bonds. The normalized spacial score (nSPS) is 10.2. The lowest BCUT2D eigenvalue weighted by molar-refractivity contribution is 0.0793. The minimum absolute atomic E-state index is 0.106. The van der Waals surface area contributed by atoms with Crippen LogP contribution in [0.3, 0.4) is 0 Å². The molecule has 0 aliphatic carbocycles. The first-order valence-electron chi connectivity index (χ1n) is 5.59. The largest absolute Gasteiger partial charge is 0.342 e. The van der Waals surface area contributed by atoms with Crippen molar-refractivity contribution in [3.63, 3.8) is 0 Å². The van der Waals surface area contributed by atoms with Crippen LogP contribution in [0.5, 0.6) is 0 Å². The number of carbonyl (C=O) groups excluding carboxylic acids is 1. The number of carbonyl (C=O) groups is 1. The maximum atomic E-state index is 12.0. The molecule has 1 aromatic rings. The van der Waals surface area contributed by atoms with Gasteiger partial charge in [-0.25, -0.2) is 0 Å². The highest BCUT2D eigenvalue weighted by Crippen LogP contribution is 2.10. The number of halogens is 1. The van der Waals surface area contributed by atoms with Crippen molar-refractivity contribution < 1.29 is 4.79 Å². The fourth-order valence-electron chi connectivity index (χ4n) is 1.45. The zero-order valence-electron chi connectivity index (χ0n) is 9.87. The van der Waals surface area contributed by atoms with E-state index in [2.05, 4.69) is 22.9 Å². The topological polar surface area (TPSA) is 20.3 Å². The Labute approximate surface area is 106 Å². The summed E-state index contributed by atoms with van der Waals surface area (Å²) in [5, 5.41) is 0.827. The Kier molecular flexibility index (Phi) is 5.53. The lowest BCUT2D eigenvalue weighted by Crippen LogP contribution is -2.27. The zero-order chi connectivity index (χ0) is 12.0. The van der Waals surface area contributed by atoms with E-state index in [1.807, 2.05) is 31.3 Å². The molecule has 0 saturated carbocycles. The van der Waals surface area contributed by atoms with Gasteiger partial charge >= 0.3 is 0 Å². The Bertz CT molecular complexity index is 334. The number of hydrogen-bond donors (Lipinski definition) is 0. The summed E-state index contributed by atoms with van der Waals surface area (Å²) in [5.74, 6) is 0.106. The molecule has 16 heavy (non-hydrogen) atoms. The van der Waals surface area contributed by atoms with Crippen LogP contribution in [-0.4, -0.2) is 24.4 Å². The molecule has 0 aromatic heterocycles. The second kappa shape index (κ2) is 6.69. The first-order chi connectivity index (χ1) is 7.69. The molecular formula is C13H18BrNO. The van der Waals surface area contributed by atoms with Gasteiger partial charge in [-0.2, -0.15) is 0 Å². The first-order valence-corrected chi connectivity index (χ1v) is 6.71. The van der Waals surface area contributed by atoms with Gasteiger partial charge in [0.2, 0.25) is 0 Å². The number of amides is 1. The van der Waals surface area contributed by atoms with Gasteiger partial charge in [0, 0.05) is 24.5 Å². The van der Waals surface area contributed by atoms with Gasteiger partial charge in [0.25, 0.3) is 5.91 Å². The molecule has 1 aromatic carbocycles. The fraction of sp³-hybridized carbons (Fsp3) is 0.462. The highest BCUT2D eigenvalue weighted by molar-refractivity contribution is 9.08. The van der Waals surface area contributed by atoms with Crippen molar-refractivity contribution in [3.05, 3.63) is 35.4 Å². The molecular weight excluding hydrogens is 266 g/mol. The minimum atomic E-state index is 0.106. The third-order valence-corrected chi connectivity index (χ3v) is 3.20. The van der Waals surface area contributed by atoms with Gasteiger partial charge in [0.15, 0.2) is 0 Å². The molecule has 0 unspecified atom stereocenters. The van der Waals surface area contributed by atoms with Gasteiger partial charge in [-0.05, 0) is 24.1 Å². The maximum absolute atomic E-state index is 12.0. The van der Waals surface area contributed by atoms with E-state index in [-0.39, 0.29) is 5.91 Å². The van der Waals surface area contributed by atoms with Crippen LogP contribution < -0.4 is 0 Å². The van der Waals surface area contributed by atoms with E-state index >= 15 is 0 Å². The van der Waals surface area contributed by atoms with E-state index in [0.29, 0.717) is 0 Å². The lowest BCUT2D eigenvalue weighted by Gasteiger charge is -2.16. The molecule has 0 atom stereocenters. The Morgan fingerprint density at radius 3 is 2.44 bits per heavy atom. The van der Waals surface area contributed by atoms with Gasteiger partial charge in [-0.3, -0.25) is 4.79 Å². The monoisotopic (exact) mass is 283 g/mol. The Hall–Kier alpha value is -0.830. The molecule has 0 aliphatic rings. The second-order valence-corrected chi connectivity index (χ2v) is 4.47. The van der Waals surface area contributed by atoms with Crippen LogP contribution in [0, 0.1) is 0 Å². The molecule has 0 fully saturated rings. The summed E-state index contributed by atoms with van der Waals surface area (Å²) >= 11 is 3.39. The van der Waals surface area contributed by atoms with Crippen molar-refractivity contribution in [2.24, 2.45) is 0 Å². The standard InChI is InChI=1S/C13H18BrNO/c1-3-4-9-15(2)13(16)12-7-5-11(10-14)6-8-12/h5-8H,3-4,9-10H2,1-2H3. The highest BCUT2D eigenvalue weighted by atomic mass is 79.9. The number of unbranched alkanes of at least 4 members (excludes halogenated alkanes) is 1. The number of nitrogens with zero attached hydrogens (tertiary/aromatic N) is 1. The predicted molar refractivity (Wildman–Crippen MR) is 70.9 cm³/mol. The zero-order valence-corrected chi connectivity index (χ0v) is 11.5. The SMILES string of the molecule is CCCCN(C)C(=O)c1ccc(CBr)cc1. The van der Waals surface area contributed by atoms with Crippen LogP contribution in [0.1, 0.15) is 35.7 Å². The summed E-state index contributed by atoms with van der Waals surface area (Å²) in [6, 6.07) is 7.74. The molecule has 0 aliphatic heterocycles. The Morgan fingerprint density at radius 2 is 1.94 bits per heavy atom. The molecule has 0 saturated heterocycles. The average Bonchev–Trinajstić information content (AvgIpc) is 2.35. The van der Waals surface area contributed by atoms with Crippen LogP contribution in [0.15, 0.2) is 24.3 Å². The van der Waals surface area contributed by atoms with Crippen molar-refractivity contribution >= 4 is 21.8 Å². The second-order valence-electron chi connectivity index (χ2n) is 3.91. The molecule has 0 heterocycles. The van der Waals surface area contributed by atoms with Crippen molar-refractivity contribution in [1.29, 1.82) is 0 Å². The molecule has 0 N–H and O–H groups in total. The summed E-state index contributed by atoms with van der Waals surface area (Å²) in [5.41, 5.74) is 1.95. The molecule has 0 spiro atoms. The summed E-state index contributed by atoms with van der Waals surface area (Å²) in [6.45, 7) is 2.96. The number of benzene rings is 1. The van der Waals surface area contributed by atoms with E-state index in [9.17, 15) is 4.79 Å². The van der Waals surface area contributed by atoms with Gasteiger partial charge < -0.3 is 4.90 Å². The quantitative estimate of drug-likeness (QED) is 0.758. The average molecular weight is 284 g/mol. The number of rotatable bonds is 5. The fourth-order valence-corrected chi connectivity index (χ4v) is 1.83. The van der Waals surface area contributed by atoms with Gasteiger partial charge in [-0.1, -0.05) is 41.4 Å². The molecule has 1 rings (SSSR count). The van der Waals surface area contributed by atoms with Gasteiger partial charge in [0.05, 0.1) is 0 Å². The van der Waals surface area contributed by atoms with Crippen molar-refractivity contribution in [2.75, 3.05) is 13.6 Å². The van der Waals surface area contributed by atoms with Crippen LogP contribution in [0.25, 0.3) is 0 Å². The third-order valence-electron chi connectivity index (χ3n) is 2.55. The van der Waals surface area contributed by atoms with Crippen molar-refractivity contribution in [2.45, 2.75) is 25.1 Å². The van der Waals surface area contributed by atoms with Crippen LogP contribution in [0.4, 0.5) is 0 Å². The van der Waals surface area contributed by atoms with E-state index < -0.39 is 0 Å². The summed E-state index contributed by atoms with van der Waals surface area (Å²) in [4.78, 5) is 13.7. The van der Waals surface area contributed by atoms with E-state index in [0.717, 1.165) is 30.3 Å². The van der Waals surface area contributed by atoms with E-state index in [1.165, 1.54) is 5.56 Å². The summed E-state index contributed by atoms with van der Waals surface area (Å²) in [7, 11) is 1.86.